The molecule has 1 aliphatic heterocycles. The average molecular weight is 336 g/mol. The van der Waals surface area contributed by atoms with Crippen molar-refractivity contribution in [3.63, 3.8) is 0 Å². The lowest BCUT2D eigenvalue weighted by Gasteiger charge is -2.19. The number of nitrogens with one attached hydrogen (secondary N) is 1. The van der Waals surface area contributed by atoms with Gasteiger partial charge in [0.15, 0.2) is 0 Å². The molecule has 0 amide bonds. The molecule has 1 atom stereocenters. The summed E-state index contributed by atoms with van der Waals surface area (Å²) in [6, 6.07) is 3.90. The fourth-order valence-electron chi connectivity index (χ4n) is 2.53. The Morgan fingerprint density at radius 2 is 2.35 bits per heavy atom. The molecule has 7 nitrogen and oxygen atoms in total. The minimum Gasteiger partial charge on any atom is -0.474 e. The van der Waals surface area contributed by atoms with Gasteiger partial charge in [0.05, 0.1) is 24.0 Å². The highest BCUT2D eigenvalue weighted by molar-refractivity contribution is 6.32. The van der Waals surface area contributed by atoms with E-state index in [9.17, 15) is 0 Å². The van der Waals surface area contributed by atoms with Gasteiger partial charge >= 0.3 is 0 Å². The van der Waals surface area contributed by atoms with Crippen LogP contribution in [-0.2, 0) is 0 Å². The van der Waals surface area contributed by atoms with Gasteiger partial charge in [-0.25, -0.2) is 4.98 Å². The van der Waals surface area contributed by atoms with Crippen LogP contribution in [0.4, 0.5) is 11.6 Å². The third kappa shape index (κ3) is 4.00. The Morgan fingerprint density at radius 3 is 3.17 bits per heavy atom. The van der Waals surface area contributed by atoms with Gasteiger partial charge < -0.3 is 20.1 Å². The van der Waals surface area contributed by atoms with E-state index in [1.54, 1.807) is 12.4 Å². The lowest BCUT2D eigenvalue weighted by molar-refractivity contribution is 0.196. The molecule has 3 rings (SSSR count). The van der Waals surface area contributed by atoms with E-state index in [0.717, 1.165) is 25.3 Å². The molecule has 1 fully saturated rings. The minimum atomic E-state index is -0.0538. The Balaban J connectivity index is 1.61. The Kier molecular flexibility index (Phi) is 5.09. The van der Waals surface area contributed by atoms with Crippen molar-refractivity contribution in [1.29, 1.82) is 0 Å². The summed E-state index contributed by atoms with van der Waals surface area (Å²) in [6.45, 7) is 1.82. The number of nitrogens with zero attached hydrogens (tertiary/aromatic N) is 4. The Hall–Kier alpha value is -2.12. The van der Waals surface area contributed by atoms with Crippen LogP contribution in [0.3, 0.4) is 0 Å². The number of ether oxygens (including phenoxy) is 1. The molecule has 2 N–H and O–H groups in total. The van der Waals surface area contributed by atoms with Crippen molar-refractivity contribution in [2.45, 2.75) is 12.5 Å². The van der Waals surface area contributed by atoms with Gasteiger partial charge in [-0.15, -0.1) is 0 Å². The Bertz CT molecular complexity index is 657. The molecule has 0 radical (unpaired) electrons. The molecule has 2 aromatic heterocycles. The first kappa shape index (κ1) is 15.8. The summed E-state index contributed by atoms with van der Waals surface area (Å²) in [5, 5.41) is 12.8. The van der Waals surface area contributed by atoms with Gasteiger partial charge in [-0.05, 0) is 18.6 Å². The van der Waals surface area contributed by atoms with Gasteiger partial charge in [-0.3, -0.25) is 4.98 Å². The molecular weight excluding hydrogens is 318 g/mol. The number of aliphatic hydroxyl groups is 1. The van der Waals surface area contributed by atoms with Gasteiger partial charge in [-0.2, -0.15) is 4.98 Å². The van der Waals surface area contributed by atoms with Crippen molar-refractivity contribution in [1.82, 2.24) is 15.0 Å². The van der Waals surface area contributed by atoms with Crippen molar-refractivity contribution in [3.8, 4) is 5.88 Å². The van der Waals surface area contributed by atoms with E-state index in [4.69, 9.17) is 21.4 Å². The third-order valence-electron chi connectivity index (χ3n) is 3.53. The fraction of sp³-hybridized carbons (Fsp3) is 0.400. The predicted octanol–water partition coefficient (Wildman–Crippen LogP) is 1.59. The highest BCUT2D eigenvalue weighted by Crippen LogP contribution is 2.26. The second-order valence-electron chi connectivity index (χ2n) is 5.20. The van der Waals surface area contributed by atoms with Crippen LogP contribution in [0, 0.1) is 0 Å². The van der Waals surface area contributed by atoms with Crippen LogP contribution in [0.25, 0.3) is 0 Å². The molecule has 0 aliphatic carbocycles. The number of hydrogen-bond donors (Lipinski definition) is 2. The quantitative estimate of drug-likeness (QED) is 0.829. The van der Waals surface area contributed by atoms with Crippen molar-refractivity contribution < 1.29 is 9.84 Å². The lowest BCUT2D eigenvalue weighted by atomic mass is 10.2. The van der Waals surface area contributed by atoms with Crippen LogP contribution in [0.5, 0.6) is 5.88 Å². The third-order valence-corrected chi connectivity index (χ3v) is 3.83. The van der Waals surface area contributed by atoms with E-state index in [1.165, 1.54) is 6.20 Å². The summed E-state index contributed by atoms with van der Waals surface area (Å²) < 4.78 is 5.26. The first-order chi connectivity index (χ1) is 11.3. The van der Waals surface area contributed by atoms with Crippen molar-refractivity contribution in [2.24, 2.45) is 0 Å². The monoisotopic (exact) mass is 335 g/mol. The number of aromatic nitrogens is 3. The van der Waals surface area contributed by atoms with Crippen LogP contribution in [0.15, 0.2) is 30.7 Å². The van der Waals surface area contributed by atoms with Crippen LogP contribution in [-0.4, -0.2) is 52.4 Å². The number of halogens is 1. The summed E-state index contributed by atoms with van der Waals surface area (Å²) in [6.07, 6.45) is 5.88. The standard InChI is InChI=1S/C15H18ClN5O2/c16-12-2-1-4-18-15(12)21-5-3-11(10-21)19-13-8-17-9-14(20-13)23-7-6-22/h1-2,4,8-9,11,22H,3,5-7,10H2,(H,19,20). The first-order valence-electron chi connectivity index (χ1n) is 7.44. The lowest BCUT2D eigenvalue weighted by Crippen LogP contribution is -2.27. The van der Waals surface area contributed by atoms with Crippen molar-refractivity contribution >= 4 is 23.2 Å². The van der Waals surface area contributed by atoms with Crippen molar-refractivity contribution in [3.05, 3.63) is 35.7 Å². The second kappa shape index (κ2) is 7.43. The summed E-state index contributed by atoms with van der Waals surface area (Å²) in [5.41, 5.74) is 0. The zero-order valence-electron chi connectivity index (χ0n) is 12.5. The topological polar surface area (TPSA) is 83.4 Å². The van der Waals surface area contributed by atoms with Crippen LogP contribution in [0.1, 0.15) is 6.42 Å². The minimum absolute atomic E-state index is 0.0538. The number of hydrogen-bond acceptors (Lipinski definition) is 7. The smallest absolute Gasteiger partial charge is 0.234 e. The number of pyridine rings is 1. The second-order valence-corrected chi connectivity index (χ2v) is 5.61. The molecule has 122 valence electrons. The maximum atomic E-state index is 8.78. The molecule has 1 saturated heterocycles. The van der Waals surface area contributed by atoms with E-state index in [2.05, 4.69) is 25.2 Å². The van der Waals surface area contributed by atoms with Crippen LogP contribution < -0.4 is 15.0 Å². The maximum absolute atomic E-state index is 8.78. The highest BCUT2D eigenvalue weighted by Gasteiger charge is 2.25. The van der Waals surface area contributed by atoms with E-state index < -0.39 is 0 Å². The molecule has 0 aromatic carbocycles. The Labute approximate surface area is 139 Å². The SMILES string of the molecule is OCCOc1cncc(NC2CCN(c3ncccc3Cl)C2)n1. The van der Waals surface area contributed by atoms with Gasteiger partial charge in [-0.1, -0.05) is 11.6 Å². The first-order valence-corrected chi connectivity index (χ1v) is 7.82. The van der Waals surface area contributed by atoms with E-state index in [1.807, 2.05) is 12.1 Å². The molecular formula is C15H18ClN5O2. The summed E-state index contributed by atoms with van der Waals surface area (Å²) >= 11 is 6.20. The normalized spacial score (nSPS) is 17.3. The average Bonchev–Trinajstić information content (AvgIpc) is 3.02. The molecule has 23 heavy (non-hydrogen) atoms. The van der Waals surface area contributed by atoms with E-state index >= 15 is 0 Å². The van der Waals surface area contributed by atoms with Gasteiger partial charge in [0.1, 0.15) is 18.2 Å². The fourth-order valence-corrected chi connectivity index (χ4v) is 2.77. The summed E-state index contributed by atoms with van der Waals surface area (Å²) in [5.74, 6) is 1.86. The number of anilines is 2. The van der Waals surface area contributed by atoms with Crippen LogP contribution in [0.2, 0.25) is 5.02 Å². The van der Waals surface area contributed by atoms with Crippen molar-refractivity contribution in [2.75, 3.05) is 36.5 Å². The van der Waals surface area contributed by atoms with Gasteiger partial charge in [0, 0.05) is 25.3 Å². The van der Waals surface area contributed by atoms with Gasteiger partial charge in [0.25, 0.3) is 0 Å². The molecule has 0 spiro atoms. The van der Waals surface area contributed by atoms with E-state index in [-0.39, 0.29) is 19.3 Å². The highest BCUT2D eigenvalue weighted by atomic mass is 35.5. The molecule has 1 aliphatic rings. The van der Waals surface area contributed by atoms with Gasteiger partial charge in [0.2, 0.25) is 5.88 Å². The number of rotatable bonds is 6. The van der Waals surface area contributed by atoms with E-state index in [0.29, 0.717) is 16.7 Å². The van der Waals surface area contributed by atoms with Crippen LogP contribution >= 0.6 is 11.6 Å². The molecule has 3 heterocycles. The summed E-state index contributed by atoms with van der Waals surface area (Å²) in [4.78, 5) is 14.9. The zero-order chi connectivity index (χ0) is 16.1. The molecule has 1 unspecified atom stereocenters. The number of aliphatic hydroxyl groups excluding tert-OH is 1. The largest absolute Gasteiger partial charge is 0.474 e. The molecule has 2 aromatic rings. The zero-order valence-corrected chi connectivity index (χ0v) is 13.3. The molecule has 8 heteroatoms. The molecule has 0 saturated carbocycles. The maximum Gasteiger partial charge on any atom is 0.234 e. The predicted molar refractivity (Wildman–Crippen MR) is 88.1 cm³/mol. The summed E-state index contributed by atoms with van der Waals surface area (Å²) in [7, 11) is 0. The Morgan fingerprint density at radius 1 is 1.43 bits per heavy atom. The molecule has 0 bridgehead atoms.